The van der Waals surface area contributed by atoms with Crippen LogP contribution in [0.1, 0.15) is 19.0 Å². The molecule has 6 nitrogen and oxygen atoms in total. The summed E-state index contributed by atoms with van der Waals surface area (Å²) in [6.07, 6.45) is 2.40. The average molecular weight is 247 g/mol. The van der Waals surface area contributed by atoms with Gasteiger partial charge in [-0.25, -0.2) is 13.1 Å². The van der Waals surface area contributed by atoms with Crippen molar-refractivity contribution < 1.29 is 12.9 Å². The highest BCUT2D eigenvalue weighted by molar-refractivity contribution is 7.89. The lowest BCUT2D eigenvalue weighted by Crippen LogP contribution is -2.31. The molecule has 0 fully saturated rings. The molecular weight excluding hydrogens is 230 g/mol. The van der Waals surface area contributed by atoms with Gasteiger partial charge in [0.25, 0.3) is 0 Å². The number of aromatic nitrogens is 1. The maximum atomic E-state index is 11.5. The Balaban J connectivity index is 2.23. The molecule has 2 N–H and O–H groups in total. The zero-order valence-electron chi connectivity index (χ0n) is 9.27. The molecule has 7 heteroatoms. The van der Waals surface area contributed by atoms with Gasteiger partial charge in [-0.3, -0.25) is 0 Å². The van der Waals surface area contributed by atoms with Gasteiger partial charge in [-0.1, -0.05) is 12.1 Å². The van der Waals surface area contributed by atoms with Crippen molar-refractivity contribution in [2.75, 3.05) is 18.8 Å². The van der Waals surface area contributed by atoms with E-state index in [4.69, 9.17) is 0 Å². The standard InChI is InChI=1S/C9H17N3O3S/c1-2-4-10-5-7-16(13,14)11-8-9-3-6-15-12-9/h3,6,10-11H,2,4-5,7-8H2,1H3. The maximum absolute atomic E-state index is 11.5. The number of nitrogens with one attached hydrogen (secondary N) is 2. The summed E-state index contributed by atoms with van der Waals surface area (Å²) in [6.45, 7) is 3.50. The van der Waals surface area contributed by atoms with E-state index in [0.717, 1.165) is 13.0 Å². The van der Waals surface area contributed by atoms with Crippen LogP contribution in [-0.2, 0) is 16.6 Å². The average Bonchev–Trinajstić information content (AvgIpc) is 2.75. The van der Waals surface area contributed by atoms with E-state index in [1.54, 1.807) is 6.07 Å². The highest BCUT2D eigenvalue weighted by Gasteiger charge is 2.09. The third-order valence-corrected chi connectivity index (χ3v) is 3.26. The SMILES string of the molecule is CCCNCCS(=O)(=O)NCc1ccon1. The summed E-state index contributed by atoms with van der Waals surface area (Å²) in [4.78, 5) is 0. The smallest absolute Gasteiger partial charge is 0.213 e. The van der Waals surface area contributed by atoms with Crippen LogP contribution in [-0.4, -0.2) is 32.4 Å². The summed E-state index contributed by atoms with van der Waals surface area (Å²) in [5.74, 6) is 0.0743. The first-order chi connectivity index (χ1) is 7.64. The van der Waals surface area contributed by atoms with E-state index in [0.29, 0.717) is 12.2 Å². The van der Waals surface area contributed by atoms with Gasteiger partial charge in [-0.15, -0.1) is 0 Å². The molecule has 0 saturated heterocycles. The summed E-state index contributed by atoms with van der Waals surface area (Å²) >= 11 is 0. The molecule has 0 aliphatic rings. The molecule has 1 rings (SSSR count). The van der Waals surface area contributed by atoms with Gasteiger partial charge in [-0.05, 0) is 13.0 Å². The Kier molecular flexibility index (Phi) is 5.44. The van der Waals surface area contributed by atoms with E-state index >= 15 is 0 Å². The zero-order valence-corrected chi connectivity index (χ0v) is 10.1. The Labute approximate surface area is 95.4 Å². The Morgan fingerprint density at radius 2 is 2.25 bits per heavy atom. The van der Waals surface area contributed by atoms with E-state index < -0.39 is 10.0 Å². The number of hydrogen-bond donors (Lipinski definition) is 2. The van der Waals surface area contributed by atoms with Crippen molar-refractivity contribution in [1.82, 2.24) is 15.2 Å². The minimum Gasteiger partial charge on any atom is -0.364 e. The highest BCUT2D eigenvalue weighted by Crippen LogP contribution is 1.94. The first-order valence-electron chi connectivity index (χ1n) is 5.21. The van der Waals surface area contributed by atoms with Gasteiger partial charge >= 0.3 is 0 Å². The van der Waals surface area contributed by atoms with Gasteiger partial charge in [0, 0.05) is 12.6 Å². The summed E-state index contributed by atoms with van der Waals surface area (Å²) < 4.78 is 30.0. The van der Waals surface area contributed by atoms with Crippen LogP contribution in [0.25, 0.3) is 0 Å². The summed E-state index contributed by atoms with van der Waals surface area (Å²) in [5.41, 5.74) is 0.574. The van der Waals surface area contributed by atoms with Crippen LogP contribution >= 0.6 is 0 Å². The molecule has 0 unspecified atom stereocenters. The van der Waals surface area contributed by atoms with Crippen LogP contribution in [0, 0.1) is 0 Å². The lowest BCUT2D eigenvalue weighted by atomic mass is 10.5. The molecule has 0 radical (unpaired) electrons. The molecule has 0 aliphatic carbocycles. The van der Waals surface area contributed by atoms with Crippen molar-refractivity contribution in [3.8, 4) is 0 Å². The monoisotopic (exact) mass is 247 g/mol. The van der Waals surface area contributed by atoms with Crippen LogP contribution in [0.5, 0.6) is 0 Å². The predicted molar refractivity (Wildman–Crippen MR) is 60.3 cm³/mol. The summed E-state index contributed by atoms with van der Waals surface area (Å²) in [5, 5.41) is 6.64. The van der Waals surface area contributed by atoms with Crippen molar-refractivity contribution in [2.24, 2.45) is 0 Å². The van der Waals surface area contributed by atoms with Gasteiger partial charge in [0.2, 0.25) is 10.0 Å². The molecule has 1 aromatic rings. The molecule has 0 aliphatic heterocycles. The van der Waals surface area contributed by atoms with Crippen LogP contribution in [0.4, 0.5) is 0 Å². The fraction of sp³-hybridized carbons (Fsp3) is 0.667. The van der Waals surface area contributed by atoms with Crippen LogP contribution in [0.3, 0.4) is 0 Å². The topological polar surface area (TPSA) is 84.2 Å². The summed E-state index contributed by atoms with van der Waals surface area (Å²) in [6, 6.07) is 1.62. The van der Waals surface area contributed by atoms with Gasteiger partial charge in [0.05, 0.1) is 18.0 Å². The number of nitrogens with zero attached hydrogens (tertiary/aromatic N) is 1. The first-order valence-corrected chi connectivity index (χ1v) is 6.86. The molecular formula is C9H17N3O3S. The van der Waals surface area contributed by atoms with Gasteiger partial charge in [0.15, 0.2) is 0 Å². The lowest BCUT2D eigenvalue weighted by Gasteiger charge is -2.05. The number of sulfonamides is 1. The second kappa shape index (κ2) is 6.62. The van der Waals surface area contributed by atoms with Gasteiger partial charge < -0.3 is 9.84 Å². The largest absolute Gasteiger partial charge is 0.364 e. The van der Waals surface area contributed by atoms with E-state index in [9.17, 15) is 8.42 Å². The van der Waals surface area contributed by atoms with Crippen LogP contribution in [0.15, 0.2) is 16.9 Å². The fourth-order valence-electron chi connectivity index (χ4n) is 1.09. The van der Waals surface area contributed by atoms with E-state index in [1.807, 2.05) is 6.92 Å². The van der Waals surface area contributed by atoms with Crippen molar-refractivity contribution in [1.29, 1.82) is 0 Å². The molecule has 1 heterocycles. The Morgan fingerprint density at radius 3 is 2.88 bits per heavy atom. The second-order valence-electron chi connectivity index (χ2n) is 3.38. The molecule has 0 saturated carbocycles. The lowest BCUT2D eigenvalue weighted by molar-refractivity contribution is 0.411. The zero-order chi connectivity index (χ0) is 11.9. The molecule has 0 spiro atoms. The second-order valence-corrected chi connectivity index (χ2v) is 5.31. The van der Waals surface area contributed by atoms with Crippen LogP contribution < -0.4 is 10.0 Å². The van der Waals surface area contributed by atoms with Crippen molar-refractivity contribution in [2.45, 2.75) is 19.9 Å². The van der Waals surface area contributed by atoms with Gasteiger partial charge in [0.1, 0.15) is 6.26 Å². The van der Waals surface area contributed by atoms with Crippen LogP contribution in [0.2, 0.25) is 0 Å². The van der Waals surface area contributed by atoms with Crippen molar-refractivity contribution >= 4 is 10.0 Å². The minimum atomic E-state index is -3.23. The third kappa shape index (κ3) is 5.24. The molecule has 0 aromatic carbocycles. The normalized spacial score (nSPS) is 11.8. The summed E-state index contributed by atoms with van der Waals surface area (Å²) in [7, 11) is -3.23. The van der Waals surface area contributed by atoms with Gasteiger partial charge in [-0.2, -0.15) is 0 Å². The molecule has 0 bridgehead atoms. The molecule has 16 heavy (non-hydrogen) atoms. The third-order valence-electron chi connectivity index (χ3n) is 1.94. The molecule has 92 valence electrons. The predicted octanol–water partition coefficient (Wildman–Crippen LogP) is 0.0936. The maximum Gasteiger partial charge on any atom is 0.213 e. The molecule has 0 atom stereocenters. The quantitative estimate of drug-likeness (QED) is 0.636. The van der Waals surface area contributed by atoms with E-state index in [1.165, 1.54) is 6.26 Å². The van der Waals surface area contributed by atoms with Crippen molar-refractivity contribution in [3.05, 3.63) is 18.0 Å². The minimum absolute atomic E-state index is 0.0743. The molecule has 0 amide bonds. The number of hydrogen-bond acceptors (Lipinski definition) is 5. The Bertz CT molecular complexity index is 375. The first kappa shape index (κ1) is 13.1. The fourth-order valence-corrected chi connectivity index (χ4v) is 2.02. The number of rotatable bonds is 8. The highest BCUT2D eigenvalue weighted by atomic mass is 32.2. The van der Waals surface area contributed by atoms with E-state index in [-0.39, 0.29) is 12.3 Å². The molecule has 1 aromatic heterocycles. The van der Waals surface area contributed by atoms with E-state index in [2.05, 4.69) is 19.7 Å². The Hall–Kier alpha value is -0.920. The van der Waals surface area contributed by atoms with Crippen molar-refractivity contribution in [3.63, 3.8) is 0 Å². The Morgan fingerprint density at radius 1 is 1.44 bits per heavy atom.